The topological polar surface area (TPSA) is 66.5 Å². The molecule has 1 aliphatic rings. The third-order valence-electron chi connectivity index (χ3n) is 4.88. The van der Waals surface area contributed by atoms with Crippen LogP contribution in [0.15, 0.2) is 53.4 Å². The highest BCUT2D eigenvalue weighted by Gasteiger charge is 2.16. The Morgan fingerprint density at radius 3 is 2.59 bits per heavy atom. The molecule has 1 aliphatic heterocycles. The van der Waals surface area contributed by atoms with Gasteiger partial charge in [-0.15, -0.1) is 0 Å². The zero-order chi connectivity index (χ0) is 19.4. The molecule has 3 rings (SSSR count). The first-order chi connectivity index (χ1) is 12.8. The fourth-order valence-corrected chi connectivity index (χ4v) is 4.12. The van der Waals surface area contributed by atoms with Gasteiger partial charge in [-0.25, -0.2) is 8.42 Å². The highest BCUT2D eigenvalue weighted by Crippen LogP contribution is 2.19. The summed E-state index contributed by atoms with van der Waals surface area (Å²) in [7, 11) is -3.34. The predicted molar refractivity (Wildman–Crippen MR) is 108 cm³/mol. The number of likely N-dealkylation sites (tertiary alicyclic amines) is 1. The minimum atomic E-state index is -3.34. The van der Waals surface area contributed by atoms with Gasteiger partial charge >= 0.3 is 0 Å². The summed E-state index contributed by atoms with van der Waals surface area (Å²) in [6.07, 6.45) is 3.69. The van der Waals surface area contributed by atoms with Crippen molar-refractivity contribution in [2.24, 2.45) is 5.92 Å². The summed E-state index contributed by atoms with van der Waals surface area (Å²) < 4.78 is 23.3. The van der Waals surface area contributed by atoms with E-state index in [1.165, 1.54) is 30.5 Å². The third kappa shape index (κ3) is 5.40. The SMILES string of the molecule is CC1CCCN(Cc2ccc(NC(=O)c3cccc(S(C)(=O)=O)c3)cc2)C1. The van der Waals surface area contributed by atoms with Crippen LogP contribution in [0.1, 0.15) is 35.7 Å². The smallest absolute Gasteiger partial charge is 0.255 e. The Balaban J connectivity index is 1.63. The third-order valence-corrected chi connectivity index (χ3v) is 5.99. The van der Waals surface area contributed by atoms with Crippen molar-refractivity contribution in [3.63, 3.8) is 0 Å². The molecule has 0 bridgehead atoms. The normalized spacial score (nSPS) is 18.2. The Morgan fingerprint density at radius 1 is 1.19 bits per heavy atom. The number of rotatable bonds is 5. The van der Waals surface area contributed by atoms with Crippen LogP contribution in [0, 0.1) is 5.92 Å². The molecule has 0 aromatic heterocycles. The van der Waals surface area contributed by atoms with Crippen LogP contribution >= 0.6 is 0 Å². The summed E-state index contributed by atoms with van der Waals surface area (Å²) in [5, 5.41) is 2.83. The Hall–Kier alpha value is -2.18. The Bertz CT molecular complexity index is 907. The minimum absolute atomic E-state index is 0.140. The van der Waals surface area contributed by atoms with Crippen molar-refractivity contribution < 1.29 is 13.2 Å². The lowest BCUT2D eigenvalue weighted by Crippen LogP contribution is -2.33. The molecule has 1 heterocycles. The lowest BCUT2D eigenvalue weighted by Gasteiger charge is -2.30. The molecule has 1 fully saturated rings. The Labute approximate surface area is 161 Å². The number of piperidine rings is 1. The summed E-state index contributed by atoms with van der Waals surface area (Å²) in [6, 6.07) is 13.9. The molecule has 1 saturated heterocycles. The number of carbonyl (C=O) groups is 1. The van der Waals surface area contributed by atoms with E-state index < -0.39 is 9.84 Å². The molecule has 0 radical (unpaired) electrons. The summed E-state index contributed by atoms with van der Waals surface area (Å²) >= 11 is 0. The number of nitrogens with one attached hydrogen (secondary N) is 1. The molecule has 2 aromatic rings. The molecule has 1 unspecified atom stereocenters. The van der Waals surface area contributed by atoms with Crippen molar-refractivity contribution in [3.8, 4) is 0 Å². The predicted octanol–water partition coefficient (Wildman–Crippen LogP) is 3.57. The molecule has 144 valence electrons. The van der Waals surface area contributed by atoms with E-state index in [1.54, 1.807) is 12.1 Å². The van der Waals surface area contributed by atoms with Gasteiger partial charge in [-0.2, -0.15) is 0 Å². The molecule has 0 aliphatic carbocycles. The van der Waals surface area contributed by atoms with Crippen molar-refractivity contribution in [2.45, 2.75) is 31.2 Å². The van der Waals surface area contributed by atoms with Crippen molar-refractivity contribution in [3.05, 3.63) is 59.7 Å². The maximum Gasteiger partial charge on any atom is 0.255 e. The van der Waals surface area contributed by atoms with Gasteiger partial charge in [-0.1, -0.05) is 25.1 Å². The van der Waals surface area contributed by atoms with Gasteiger partial charge < -0.3 is 5.32 Å². The lowest BCUT2D eigenvalue weighted by molar-refractivity contribution is 0.102. The van der Waals surface area contributed by atoms with E-state index in [0.29, 0.717) is 11.3 Å². The van der Waals surface area contributed by atoms with E-state index in [0.717, 1.165) is 31.8 Å². The van der Waals surface area contributed by atoms with Crippen molar-refractivity contribution >= 4 is 21.4 Å². The lowest BCUT2D eigenvalue weighted by atomic mass is 10.00. The monoisotopic (exact) mass is 386 g/mol. The molecular weight excluding hydrogens is 360 g/mol. The number of anilines is 1. The van der Waals surface area contributed by atoms with Crippen molar-refractivity contribution in [2.75, 3.05) is 24.7 Å². The second kappa shape index (κ2) is 8.23. The van der Waals surface area contributed by atoms with Crippen LogP contribution in [0.4, 0.5) is 5.69 Å². The van der Waals surface area contributed by atoms with Crippen LogP contribution in [0.2, 0.25) is 0 Å². The largest absolute Gasteiger partial charge is 0.322 e. The highest BCUT2D eigenvalue weighted by molar-refractivity contribution is 7.90. The summed E-state index contributed by atoms with van der Waals surface area (Å²) in [5.74, 6) is 0.429. The number of hydrogen-bond donors (Lipinski definition) is 1. The standard InChI is InChI=1S/C21H26N2O3S/c1-16-5-4-12-23(14-16)15-17-8-10-19(11-9-17)22-21(24)18-6-3-7-20(13-18)27(2,25)26/h3,6-11,13,16H,4-5,12,14-15H2,1-2H3,(H,22,24). The van der Waals surface area contributed by atoms with E-state index in [2.05, 4.69) is 17.1 Å². The zero-order valence-electron chi connectivity index (χ0n) is 15.8. The number of carbonyl (C=O) groups excluding carboxylic acids is 1. The van der Waals surface area contributed by atoms with Crippen LogP contribution in [-0.4, -0.2) is 38.6 Å². The Morgan fingerprint density at radius 2 is 1.93 bits per heavy atom. The maximum atomic E-state index is 12.4. The fourth-order valence-electron chi connectivity index (χ4n) is 3.45. The number of nitrogens with zero attached hydrogens (tertiary/aromatic N) is 1. The molecule has 1 amide bonds. The highest BCUT2D eigenvalue weighted by atomic mass is 32.2. The number of sulfone groups is 1. The first-order valence-corrected chi connectivity index (χ1v) is 11.1. The van der Waals surface area contributed by atoms with Crippen LogP contribution in [0.5, 0.6) is 0 Å². The Kier molecular flexibility index (Phi) is 5.97. The van der Waals surface area contributed by atoms with E-state index >= 15 is 0 Å². The van der Waals surface area contributed by atoms with Crippen molar-refractivity contribution in [1.29, 1.82) is 0 Å². The average Bonchev–Trinajstić information content (AvgIpc) is 2.63. The second-order valence-corrected chi connectivity index (χ2v) is 9.45. The van der Waals surface area contributed by atoms with E-state index in [-0.39, 0.29) is 10.8 Å². The van der Waals surface area contributed by atoms with Gasteiger partial charge in [0.1, 0.15) is 0 Å². The van der Waals surface area contributed by atoms with Gasteiger partial charge in [-0.3, -0.25) is 9.69 Å². The second-order valence-electron chi connectivity index (χ2n) is 7.43. The minimum Gasteiger partial charge on any atom is -0.322 e. The first-order valence-electron chi connectivity index (χ1n) is 9.24. The molecule has 2 aromatic carbocycles. The maximum absolute atomic E-state index is 12.4. The van der Waals surface area contributed by atoms with Crippen LogP contribution in [0.25, 0.3) is 0 Å². The van der Waals surface area contributed by atoms with Gasteiger partial charge in [0.25, 0.3) is 5.91 Å². The van der Waals surface area contributed by atoms with Crippen LogP contribution < -0.4 is 5.32 Å². The van der Waals surface area contributed by atoms with E-state index in [4.69, 9.17) is 0 Å². The van der Waals surface area contributed by atoms with Gasteiger partial charge in [0, 0.05) is 30.6 Å². The molecule has 0 spiro atoms. The molecule has 6 heteroatoms. The molecule has 1 atom stereocenters. The molecule has 27 heavy (non-hydrogen) atoms. The van der Waals surface area contributed by atoms with Crippen LogP contribution in [0.3, 0.4) is 0 Å². The van der Waals surface area contributed by atoms with Crippen LogP contribution in [-0.2, 0) is 16.4 Å². The zero-order valence-corrected chi connectivity index (χ0v) is 16.6. The van der Waals surface area contributed by atoms with Gasteiger partial charge in [-0.05, 0) is 61.2 Å². The average molecular weight is 387 g/mol. The van der Waals surface area contributed by atoms with Gasteiger partial charge in [0.15, 0.2) is 9.84 Å². The first kappa shape index (κ1) is 19.6. The van der Waals surface area contributed by atoms with Gasteiger partial charge in [0.05, 0.1) is 4.90 Å². The molecule has 5 nitrogen and oxygen atoms in total. The quantitative estimate of drug-likeness (QED) is 0.853. The van der Waals surface area contributed by atoms with E-state index in [1.807, 2.05) is 24.3 Å². The van der Waals surface area contributed by atoms with E-state index in [9.17, 15) is 13.2 Å². The van der Waals surface area contributed by atoms with Crippen molar-refractivity contribution in [1.82, 2.24) is 4.90 Å². The molecule has 0 saturated carbocycles. The molecule has 1 N–H and O–H groups in total. The summed E-state index contributed by atoms with van der Waals surface area (Å²) in [5.41, 5.74) is 2.24. The molecular formula is C21H26N2O3S. The number of hydrogen-bond acceptors (Lipinski definition) is 4. The number of amides is 1. The number of benzene rings is 2. The summed E-state index contributed by atoms with van der Waals surface area (Å²) in [4.78, 5) is 15.0. The fraction of sp³-hybridized carbons (Fsp3) is 0.381. The van der Waals surface area contributed by atoms with Gasteiger partial charge in [0.2, 0.25) is 0 Å². The summed E-state index contributed by atoms with van der Waals surface area (Å²) in [6.45, 7) is 5.49.